The number of anilines is 1. The number of nitrogens with zero attached hydrogens (tertiary/aromatic N) is 2. The first-order valence-corrected chi connectivity index (χ1v) is 3.69. The molecule has 64 valence electrons. The van der Waals surface area contributed by atoms with Crippen LogP contribution in [0.15, 0.2) is 17.3 Å². The Balaban J connectivity index is 2.50. The van der Waals surface area contributed by atoms with Gasteiger partial charge in [0.2, 0.25) is 0 Å². The molecule has 1 unspecified atom stereocenters. The van der Waals surface area contributed by atoms with Crippen LogP contribution in [0.5, 0.6) is 0 Å². The lowest BCUT2D eigenvalue weighted by Gasteiger charge is -2.18. The maximum atomic E-state index is 5.73. The van der Waals surface area contributed by atoms with Crippen molar-refractivity contribution in [1.29, 1.82) is 0 Å². The first kappa shape index (κ1) is 7.17. The average molecular weight is 165 g/mol. The maximum Gasteiger partial charge on any atom is 0.196 e. The molecule has 0 aliphatic carbocycles. The molecule has 0 bridgehead atoms. The van der Waals surface area contributed by atoms with E-state index < -0.39 is 0 Å². The summed E-state index contributed by atoms with van der Waals surface area (Å²) in [6.07, 6.45) is 1.59. The second-order valence-corrected chi connectivity index (χ2v) is 2.81. The summed E-state index contributed by atoms with van der Waals surface area (Å²) in [4.78, 5) is 3.99. The van der Waals surface area contributed by atoms with Gasteiger partial charge in [0, 0.05) is 18.8 Å². The van der Waals surface area contributed by atoms with E-state index in [2.05, 4.69) is 10.3 Å². The molecule has 0 aromatic carbocycles. The first-order chi connectivity index (χ1) is 5.68. The van der Waals surface area contributed by atoms with Crippen LogP contribution in [0, 0.1) is 0 Å². The van der Waals surface area contributed by atoms with Gasteiger partial charge < -0.3 is 21.4 Å². The number of fused-ring (bicyclic) bond motifs is 1. The van der Waals surface area contributed by atoms with Crippen LogP contribution in [0.3, 0.4) is 0 Å². The Morgan fingerprint density at radius 3 is 3.17 bits per heavy atom. The molecular formula is C7H11N5. The predicted molar refractivity (Wildman–Crippen MR) is 47.6 cm³/mol. The summed E-state index contributed by atoms with van der Waals surface area (Å²) in [6.45, 7) is 0. The van der Waals surface area contributed by atoms with Crippen LogP contribution in [0.25, 0.3) is 0 Å². The van der Waals surface area contributed by atoms with Gasteiger partial charge in [-0.1, -0.05) is 0 Å². The van der Waals surface area contributed by atoms with Crippen molar-refractivity contribution >= 4 is 11.8 Å². The number of nitrogens with one attached hydrogen (secondary N) is 1. The fraction of sp³-hybridized carbons (Fsp3) is 0.286. The molecule has 5 nitrogen and oxygen atoms in total. The Morgan fingerprint density at radius 2 is 2.42 bits per heavy atom. The van der Waals surface area contributed by atoms with Crippen molar-refractivity contribution in [2.45, 2.75) is 6.17 Å². The van der Waals surface area contributed by atoms with Crippen LogP contribution in [0.2, 0.25) is 0 Å². The van der Waals surface area contributed by atoms with Crippen LogP contribution >= 0.6 is 0 Å². The lowest BCUT2D eigenvalue weighted by molar-refractivity contribution is 0.761. The molecule has 0 amide bonds. The fourth-order valence-electron chi connectivity index (χ4n) is 1.32. The van der Waals surface area contributed by atoms with Gasteiger partial charge in [-0.05, 0) is 6.07 Å². The third-order valence-corrected chi connectivity index (χ3v) is 1.95. The molecule has 0 radical (unpaired) electrons. The standard InChI is InChI=1S/C7H11N5/c1-12-3-2-4-5(8)10-7(9)11-6(4)12/h2-3,5H,8H2,1H3,(H3,9,10,11). The number of hydrogen-bond donors (Lipinski definition) is 3. The Morgan fingerprint density at radius 1 is 1.67 bits per heavy atom. The highest BCUT2D eigenvalue weighted by atomic mass is 15.2. The van der Waals surface area contributed by atoms with Crippen LogP contribution in [0.1, 0.15) is 11.7 Å². The molecule has 1 aromatic heterocycles. The smallest absolute Gasteiger partial charge is 0.196 e. The zero-order valence-corrected chi connectivity index (χ0v) is 6.78. The Hall–Kier alpha value is -1.49. The predicted octanol–water partition coefficient (Wildman–Crippen LogP) is -0.277. The number of hydrogen-bond acceptors (Lipinski definition) is 4. The summed E-state index contributed by atoms with van der Waals surface area (Å²) in [7, 11) is 1.93. The topological polar surface area (TPSA) is 81.4 Å². The van der Waals surface area contributed by atoms with Crippen molar-refractivity contribution in [2.75, 3.05) is 5.32 Å². The summed E-state index contributed by atoms with van der Waals surface area (Å²) < 4.78 is 1.93. The minimum atomic E-state index is -0.331. The highest BCUT2D eigenvalue weighted by Crippen LogP contribution is 2.25. The zero-order valence-electron chi connectivity index (χ0n) is 6.78. The van der Waals surface area contributed by atoms with E-state index in [1.165, 1.54) is 0 Å². The highest BCUT2D eigenvalue weighted by Gasteiger charge is 2.18. The van der Waals surface area contributed by atoms with Gasteiger partial charge in [0.15, 0.2) is 5.96 Å². The molecule has 5 N–H and O–H groups in total. The molecule has 5 heteroatoms. The second kappa shape index (κ2) is 2.25. The van der Waals surface area contributed by atoms with Crippen LogP contribution in [-0.4, -0.2) is 10.5 Å². The van der Waals surface area contributed by atoms with Crippen LogP contribution < -0.4 is 16.8 Å². The molecule has 2 rings (SSSR count). The minimum Gasteiger partial charge on any atom is -0.370 e. The SMILES string of the molecule is Cn1ccc2c1NC(N)=NC2N. The summed E-state index contributed by atoms with van der Waals surface area (Å²) >= 11 is 0. The van der Waals surface area contributed by atoms with Gasteiger partial charge in [-0.2, -0.15) is 0 Å². The van der Waals surface area contributed by atoms with Gasteiger partial charge in [-0.3, -0.25) is 0 Å². The quantitative estimate of drug-likeness (QED) is 0.494. The van der Waals surface area contributed by atoms with Crippen molar-refractivity contribution in [3.8, 4) is 0 Å². The van der Waals surface area contributed by atoms with Gasteiger partial charge in [0.25, 0.3) is 0 Å². The van der Waals surface area contributed by atoms with Crippen molar-refractivity contribution in [3.63, 3.8) is 0 Å². The third-order valence-electron chi connectivity index (χ3n) is 1.95. The monoisotopic (exact) mass is 165 g/mol. The summed E-state index contributed by atoms with van der Waals surface area (Å²) in [5.74, 6) is 1.30. The van der Waals surface area contributed by atoms with E-state index in [9.17, 15) is 0 Å². The minimum absolute atomic E-state index is 0.331. The molecule has 1 aliphatic rings. The van der Waals surface area contributed by atoms with E-state index >= 15 is 0 Å². The summed E-state index contributed by atoms with van der Waals surface area (Å²) in [6, 6.07) is 1.93. The lowest BCUT2D eigenvalue weighted by atomic mass is 10.2. The second-order valence-electron chi connectivity index (χ2n) is 2.81. The molecule has 0 saturated heterocycles. The Bertz CT molecular complexity index is 338. The molecule has 2 heterocycles. The van der Waals surface area contributed by atoms with Crippen LogP contribution in [0.4, 0.5) is 5.82 Å². The summed E-state index contributed by atoms with van der Waals surface area (Å²) in [5, 5.41) is 2.95. The average Bonchev–Trinajstić information content (AvgIpc) is 2.33. The summed E-state index contributed by atoms with van der Waals surface area (Å²) in [5.41, 5.74) is 12.2. The number of aromatic nitrogens is 1. The van der Waals surface area contributed by atoms with E-state index in [1.807, 2.05) is 23.9 Å². The number of nitrogens with two attached hydrogens (primary N) is 2. The molecule has 0 fully saturated rings. The molecule has 1 aliphatic heterocycles. The number of aryl methyl sites for hydroxylation is 1. The van der Waals surface area contributed by atoms with Crippen molar-refractivity contribution < 1.29 is 0 Å². The van der Waals surface area contributed by atoms with Crippen molar-refractivity contribution in [3.05, 3.63) is 17.8 Å². The fourth-order valence-corrected chi connectivity index (χ4v) is 1.32. The molecule has 12 heavy (non-hydrogen) atoms. The number of guanidine groups is 1. The largest absolute Gasteiger partial charge is 0.370 e. The molecule has 1 aromatic rings. The van der Waals surface area contributed by atoms with Gasteiger partial charge in [-0.25, -0.2) is 4.99 Å². The first-order valence-electron chi connectivity index (χ1n) is 3.69. The van der Waals surface area contributed by atoms with E-state index in [4.69, 9.17) is 11.5 Å². The molecule has 0 spiro atoms. The van der Waals surface area contributed by atoms with Gasteiger partial charge >= 0.3 is 0 Å². The van der Waals surface area contributed by atoms with E-state index in [0.717, 1.165) is 11.4 Å². The Labute approximate surface area is 70.1 Å². The van der Waals surface area contributed by atoms with E-state index in [-0.39, 0.29) is 6.17 Å². The zero-order chi connectivity index (χ0) is 8.72. The number of aliphatic imine (C=N–C) groups is 1. The van der Waals surface area contributed by atoms with E-state index in [0.29, 0.717) is 5.96 Å². The van der Waals surface area contributed by atoms with Gasteiger partial charge in [0.05, 0.1) is 0 Å². The van der Waals surface area contributed by atoms with Crippen molar-refractivity contribution in [1.82, 2.24) is 4.57 Å². The normalized spacial score (nSPS) is 21.2. The lowest BCUT2D eigenvalue weighted by Crippen LogP contribution is -2.30. The molecule has 1 atom stereocenters. The Kier molecular flexibility index (Phi) is 1.34. The number of rotatable bonds is 0. The maximum absolute atomic E-state index is 5.73. The van der Waals surface area contributed by atoms with Crippen LogP contribution in [-0.2, 0) is 7.05 Å². The molecule has 0 saturated carbocycles. The van der Waals surface area contributed by atoms with Gasteiger partial charge in [-0.15, -0.1) is 0 Å². The van der Waals surface area contributed by atoms with Crippen molar-refractivity contribution in [2.24, 2.45) is 23.5 Å². The highest BCUT2D eigenvalue weighted by molar-refractivity contribution is 5.94. The van der Waals surface area contributed by atoms with E-state index in [1.54, 1.807) is 0 Å². The molecular weight excluding hydrogens is 154 g/mol. The third kappa shape index (κ3) is 0.868. The van der Waals surface area contributed by atoms with Gasteiger partial charge in [0.1, 0.15) is 12.0 Å².